The van der Waals surface area contributed by atoms with Crippen molar-refractivity contribution in [2.45, 2.75) is 0 Å². The van der Waals surface area contributed by atoms with Crippen LogP contribution in [0.1, 0.15) is 5.56 Å². The monoisotopic (exact) mass is 234 g/mol. The number of pyridine rings is 1. The van der Waals surface area contributed by atoms with E-state index in [1.54, 1.807) is 12.3 Å². The van der Waals surface area contributed by atoms with Gasteiger partial charge in [-0.25, -0.2) is 0 Å². The highest BCUT2D eigenvalue weighted by Crippen LogP contribution is 2.18. The van der Waals surface area contributed by atoms with Gasteiger partial charge in [0.15, 0.2) is 0 Å². The predicted molar refractivity (Wildman–Crippen MR) is 76.6 cm³/mol. The van der Waals surface area contributed by atoms with Crippen LogP contribution in [0.15, 0.2) is 79.1 Å². The first kappa shape index (κ1) is 12.0. The molecule has 18 heavy (non-hydrogen) atoms. The van der Waals surface area contributed by atoms with Gasteiger partial charge < -0.3 is 0 Å². The SMILES string of the molecule is C=CN=C(C=C)c1cccc(-c2ccccn2)c1. The molecular weight excluding hydrogens is 220 g/mol. The summed E-state index contributed by atoms with van der Waals surface area (Å²) in [5.41, 5.74) is 3.82. The molecular formula is C16H14N2. The highest BCUT2D eigenvalue weighted by atomic mass is 14.7. The van der Waals surface area contributed by atoms with E-state index in [2.05, 4.69) is 23.1 Å². The Hall–Kier alpha value is -2.48. The van der Waals surface area contributed by atoms with Crippen molar-refractivity contribution in [1.29, 1.82) is 0 Å². The lowest BCUT2D eigenvalue weighted by Crippen LogP contribution is -1.96. The Morgan fingerprint density at radius 3 is 2.67 bits per heavy atom. The molecule has 0 radical (unpaired) electrons. The Kier molecular flexibility index (Phi) is 3.82. The van der Waals surface area contributed by atoms with E-state index in [1.807, 2.05) is 42.5 Å². The molecule has 1 aromatic carbocycles. The summed E-state index contributed by atoms with van der Waals surface area (Å²) in [4.78, 5) is 8.53. The molecule has 0 aliphatic rings. The van der Waals surface area contributed by atoms with Crippen molar-refractivity contribution < 1.29 is 0 Å². The molecule has 1 aromatic heterocycles. The molecule has 1 heterocycles. The number of hydrogen-bond acceptors (Lipinski definition) is 2. The van der Waals surface area contributed by atoms with Gasteiger partial charge in [-0.2, -0.15) is 0 Å². The van der Waals surface area contributed by atoms with Crippen LogP contribution in [0.2, 0.25) is 0 Å². The summed E-state index contributed by atoms with van der Waals surface area (Å²) in [5, 5.41) is 0. The molecule has 0 saturated heterocycles. The second-order valence-electron chi connectivity index (χ2n) is 3.70. The van der Waals surface area contributed by atoms with Crippen LogP contribution in [-0.2, 0) is 0 Å². The molecule has 88 valence electrons. The predicted octanol–water partition coefficient (Wildman–Crippen LogP) is 3.87. The molecule has 0 saturated carbocycles. The van der Waals surface area contributed by atoms with Crippen molar-refractivity contribution in [1.82, 2.24) is 4.98 Å². The number of hydrogen-bond donors (Lipinski definition) is 0. The highest BCUT2D eigenvalue weighted by molar-refractivity contribution is 6.09. The van der Waals surface area contributed by atoms with E-state index in [0.29, 0.717) is 0 Å². The minimum absolute atomic E-state index is 0.808. The standard InChI is InChI=1S/C16H14N2/c1-3-15(17-4-2)13-8-7-9-14(12-13)16-10-5-6-11-18-16/h3-12H,1-2H2. The van der Waals surface area contributed by atoms with Crippen molar-refractivity contribution in [3.63, 3.8) is 0 Å². The van der Waals surface area contributed by atoms with Crippen molar-refractivity contribution in [3.8, 4) is 11.3 Å². The fourth-order valence-corrected chi connectivity index (χ4v) is 1.71. The first-order valence-corrected chi connectivity index (χ1v) is 5.68. The molecule has 0 unspecified atom stereocenters. The van der Waals surface area contributed by atoms with Gasteiger partial charge in [-0.15, -0.1) is 0 Å². The Morgan fingerprint density at radius 2 is 2.00 bits per heavy atom. The maximum Gasteiger partial charge on any atom is 0.0702 e. The molecule has 0 spiro atoms. The molecule has 0 N–H and O–H groups in total. The van der Waals surface area contributed by atoms with Gasteiger partial charge in [-0.3, -0.25) is 9.98 Å². The molecule has 0 amide bonds. The lowest BCUT2D eigenvalue weighted by molar-refractivity contribution is 1.32. The molecule has 0 aliphatic carbocycles. The fourth-order valence-electron chi connectivity index (χ4n) is 1.71. The minimum atomic E-state index is 0.808. The maximum atomic E-state index is 4.34. The Labute approximate surface area is 107 Å². The van der Waals surface area contributed by atoms with Crippen LogP contribution in [0.5, 0.6) is 0 Å². The van der Waals surface area contributed by atoms with E-state index in [1.165, 1.54) is 6.20 Å². The van der Waals surface area contributed by atoms with Crippen LogP contribution < -0.4 is 0 Å². The van der Waals surface area contributed by atoms with Crippen molar-refractivity contribution in [2.75, 3.05) is 0 Å². The third-order valence-corrected chi connectivity index (χ3v) is 2.54. The third-order valence-electron chi connectivity index (χ3n) is 2.54. The molecule has 2 rings (SSSR count). The number of rotatable bonds is 4. The molecule has 2 nitrogen and oxygen atoms in total. The smallest absolute Gasteiger partial charge is 0.0702 e. The van der Waals surface area contributed by atoms with Crippen LogP contribution in [0.3, 0.4) is 0 Å². The van der Waals surface area contributed by atoms with E-state index in [4.69, 9.17) is 0 Å². The Morgan fingerprint density at radius 1 is 1.11 bits per heavy atom. The van der Waals surface area contributed by atoms with Gasteiger partial charge in [-0.1, -0.05) is 37.4 Å². The Bertz CT molecular complexity index is 583. The molecule has 0 fully saturated rings. The van der Waals surface area contributed by atoms with Gasteiger partial charge in [0.25, 0.3) is 0 Å². The third kappa shape index (κ3) is 2.61. The van der Waals surface area contributed by atoms with Gasteiger partial charge in [0, 0.05) is 23.5 Å². The molecule has 0 atom stereocenters. The summed E-state index contributed by atoms with van der Waals surface area (Å²) in [6.45, 7) is 7.37. The molecule has 0 aliphatic heterocycles. The van der Waals surface area contributed by atoms with Crippen molar-refractivity contribution >= 4 is 5.71 Å². The fraction of sp³-hybridized carbons (Fsp3) is 0. The zero-order valence-corrected chi connectivity index (χ0v) is 10.1. The van der Waals surface area contributed by atoms with E-state index in [0.717, 1.165) is 22.5 Å². The van der Waals surface area contributed by atoms with Gasteiger partial charge in [0.1, 0.15) is 0 Å². The van der Waals surface area contributed by atoms with E-state index in [9.17, 15) is 0 Å². The normalized spacial score (nSPS) is 11.0. The number of aromatic nitrogens is 1. The van der Waals surface area contributed by atoms with Gasteiger partial charge in [-0.05, 0) is 24.3 Å². The average Bonchev–Trinajstić information content (AvgIpc) is 2.46. The molecule has 0 bridgehead atoms. The second kappa shape index (κ2) is 5.73. The van der Waals surface area contributed by atoms with Crippen LogP contribution >= 0.6 is 0 Å². The Balaban J connectivity index is 2.45. The summed E-state index contributed by atoms with van der Waals surface area (Å²) >= 11 is 0. The lowest BCUT2D eigenvalue weighted by Gasteiger charge is -2.04. The second-order valence-corrected chi connectivity index (χ2v) is 3.70. The van der Waals surface area contributed by atoms with E-state index < -0.39 is 0 Å². The van der Waals surface area contributed by atoms with Crippen LogP contribution in [0.4, 0.5) is 0 Å². The molecule has 2 heteroatoms. The number of nitrogens with zero attached hydrogens (tertiary/aromatic N) is 2. The van der Waals surface area contributed by atoms with E-state index >= 15 is 0 Å². The van der Waals surface area contributed by atoms with Crippen LogP contribution in [0, 0.1) is 0 Å². The van der Waals surface area contributed by atoms with Crippen LogP contribution in [0.25, 0.3) is 11.3 Å². The zero-order valence-electron chi connectivity index (χ0n) is 10.1. The lowest BCUT2D eigenvalue weighted by atomic mass is 10.0. The quantitative estimate of drug-likeness (QED) is 0.737. The van der Waals surface area contributed by atoms with Gasteiger partial charge in [0.2, 0.25) is 0 Å². The minimum Gasteiger partial charge on any atom is -0.257 e. The molecule has 2 aromatic rings. The summed E-state index contributed by atoms with van der Waals surface area (Å²) in [6, 6.07) is 13.9. The number of aliphatic imine (C=N–C) groups is 1. The first-order valence-electron chi connectivity index (χ1n) is 5.68. The largest absolute Gasteiger partial charge is 0.257 e. The van der Waals surface area contributed by atoms with Gasteiger partial charge >= 0.3 is 0 Å². The van der Waals surface area contributed by atoms with Crippen molar-refractivity contribution in [2.24, 2.45) is 4.99 Å². The number of allylic oxidation sites excluding steroid dienone is 1. The first-order chi connectivity index (χ1) is 8.85. The zero-order chi connectivity index (χ0) is 12.8. The maximum absolute atomic E-state index is 4.34. The average molecular weight is 234 g/mol. The topological polar surface area (TPSA) is 25.2 Å². The summed E-state index contributed by atoms with van der Waals surface area (Å²) in [5.74, 6) is 0. The van der Waals surface area contributed by atoms with E-state index in [-0.39, 0.29) is 0 Å². The summed E-state index contributed by atoms with van der Waals surface area (Å²) in [6.07, 6.45) is 5.03. The van der Waals surface area contributed by atoms with Gasteiger partial charge in [0.05, 0.1) is 11.4 Å². The highest BCUT2D eigenvalue weighted by Gasteiger charge is 2.02. The summed E-state index contributed by atoms with van der Waals surface area (Å²) in [7, 11) is 0. The number of benzene rings is 1. The van der Waals surface area contributed by atoms with Crippen molar-refractivity contribution in [3.05, 3.63) is 79.7 Å². The summed E-state index contributed by atoms with van der Waals surface area (Å²) < 4.78 is 0. The van der Waals surface area contributed by atoms with Crippen LogP contribution in [-0.4, -0.2) is 10.7 Å².